The SMILES string of the molecule is CCOC(=O)c1c(Br)cc(C#N)cc1SC(F)(F)F. The standard InChI is InChI=1S/C11H7BrF3NO2S/c1-2-18-10(17)9-7(12)3-6(5-16)4-8(9)19-11(13,14)15/h3-4H,2H2,1H3. The summed E-state index contributed by atoms with van der Waals surface area (Å²) in [7, 11) is 0. The highest BCUT2D eigenvalue weighted by Gasteiger charge is 2.32. The van der Waals surface area contributed by atoms with Crippen LogP contribution in [0.4, 0.5) is 13.2 Å². The van der Waals surface area contributed by atoms with Gasteiger partial charge in [0.05, 0.1) is 23.8 Å². The van der Waals surface area contributed by atoms with E-state index < -0.39 is 23.2 Å². The first-order chi connectivity index (χ1) is 8.78. The van der Waals surface area contributed by atoms with Gasteiger partial charge in [-0.2, -0.15) is 18.4 Å². The van der Waals surface area contributed by atoms with Gasteiger partial charge >= 0.3 is 11.5 Å². The molecule has 1 aromatic carbocycles. The van der Waals surface area contributed by atoms with Gasteiger partial charge in [0.25, 0.3) is 0 Å². The third-order valence-electron chi connectivity index (χ3n) is 1.89. The Kier molecular flexibility index (Phi) is 5.26. The van der Waals surface area contributed by atoms with Gasteiger partial charge in [-0.3, -0.25) is 0 Å². The van der Waals surface area contributed by atoms with Crippen LogP contribution in [0.3, 0.4) is 0 Å². The molecular weight excluding hydrogens is 347 g/mol. The minimum absolute atomic E-state index is 0.0201. The summed E-state index contributed by atoms with van der Waals surface area (Å²) in [6.07, 6.45) is 0. The summed E-state index contributed by atoms with van der Waals surface area (Å²) in [6.45, 7) is 1.59. The first-order valence-corrected chi connectivity index (χ1v) is 6.56. The molecule has 1 rings (SSSR count). The lowest BCUT2D eigenvalue weighted by molar-refractivity contribution is -0.0328. The average molecular weight is 354 g/mol. The van der Waals surface area contributed by atoms with Gasteiger partial charge in [0.1, 0.15) is 0 Å². The molecule has 0 spiro atoms. The molecule has 0 N–H and O–H groups in total. The van der Waals surface area contributed by atoms with E-state index in [0.29, 0.717) is 0 Å². The van der Waals surface area contributed by atoms with Crippen LogP contribution < -0.4 is 0 Å². The summed E-state index contributed by atoms with van der Waals surface area (Å²) >= 11 is 2.53. The quantitative estimate of drug-likeness (QED) is 0.606. The summed E-state index contributed by atoms with van der Waals surface area (Å²) < 4.78 is 42.2. The third-order valence-corrected chi connectivity index (χ3v) is 3.29. The zero-order chi connectivity index (χ0) is 14.6. The van der Waals surface area contributed by atoms with Crippen LogP contribution in [-0.4, -0.2) is 18.1 Å². The minimum atomic E-state index is -4.56. The fourth-order valence-electron chi connectivity index (χ4n) is 1.25. The van der Waals surface area contributed by atoms with Crippen LogP contribution in [0.15, 0.2) is 21.5 Å². The molecule has 0 fully saturated rings. The number of alkyl halides is 3. The van der Waals surface area contributed by atoms with Gasteiger partial charge < -0.3 is 4.74 Å². The smallest absolute Gasteiger partial charge is 0.446 e. The van der Waals surface area contributed by atoms with Crippen molar-refractivity contribution in [3.8, 4) is 6.07 Å². The van der Waals surface area contributed by atoms with E-state index in [1.165, 1.54) is 6.07 Å². The molecule has 0 aliphatic rings. The van der Waals surface area contributed by atoms with Gasteiger partial charge in [-0.25, -0.2) is 4.79 Å². The van der Waals surface area contributed by atoms with Crippen molar-refractivity contribution in [2.45, 2.75) is 17.3 Å². The summed E-state index contributed by atoms with van der Waals surface area (Å²) in [4.78, 5) is 11.3. The number of esters is 1. The van der Waals surface area contributed by atoms with E-state index in [0.717, 1.165) is 6.07 Å². The molecule has 0 bridgehead atoms. The lowest BCUT2D eigenvalue weighted by atomic mass is 10.1. The number of nitriles is 1. The van der Waals surface area contributed by atoms with Gasteiger partial charge in [-0.05, 0) is 46.7 Å². The summed E-state index contributed by atoms with van der Waals surface area (Å²) in [5.74, 6) is -0.870. The van der Waals surface area contributed by atoms with E-state index in [9.17, 15) is 18.0 Å². The van der Waals surface area contributed by atoms with Crippen molar-refractivity contribution in [1.29, 1.82) is 5.26 Å². The maximum absolute atomic E-state index is 12.5. The van der Waals surface area contributed by atoms with Crippen molar-refractivity contribution < 1.29 is 22.7 Å². The second-order valence-corrected chi connectivity index (χ2v) is 5.17. The number of hydrogen-bond donors (Lipinski definition) is 0. The number of carbonyl (C=O) groups is 1. The Morgan fingerprint density at radius 1 is 1.53 bits per heavy atom. The normalized spacial score (nSPS) is 10.9. The molecule has 0 heterocycles. The van der Waals surface area contributed by atoms with E-state index in [2.05, 4.69) is 15.9 Å². The largest absolute Gasteiger partial charge is 0.462 e. The molecule has 0 aliphatic carbocycles. The summed E-state index contributed by atoms with van der Waals surface area (Å²) in [5.41, 5.74) is -4.77. The zero-order valence-electron chi connectivity index (χ0n) is 9.55. The fraction of sp³-hybridized carbons (Fsp3) is 0.273. The van der Waals surface area contributed by atoms with Crippen LogP contribution in [0.2, 0.25) is 0 Å². The van der Waals surface area contributed by atoms with Gasteiger partial charge in [0.2, 0.25) is 0 Å². The van der Waals surface area contributed by atoms with E-state index in [1.54, 1.807) is 13.0 Å². The highest BCUT2D eigenvalue weighted by atomic mass is 79.9. The Morgan fingerprint density at radius 2 is 2.16 bits per heavy atom. The van der Waals surface area contributed by atoms with Crippen molar-refractivity contribution >= 4 is 33.7 Å². The van der Waals surface area contributed by atoms with Crippen molar-refractivity contribution in [3.05, 3.63) is 27.7 Å². The molecular formula is C11H7BrF3NO2S. The van der Waals surface area contributed by atoms with E-state index in [1.807, 2.05) is 0 Å². The van der Waals surface area contributed by atoms with Crippen molar-refractivity contribution in [1.82, 2.24) is 0 Å². The highest BCUT2D eigenvalue weighted by molar-refractivity contribution is 9.10. The number of hydrogen-bond acceptors (Lipinski definition) is 4. The zero-order valence-corrected chi connectivity index (χ0v) is 11.9. The first-order valence-electron chi connectivity index (χ1n) is 4.95. The van der Waals surface area contributed by atoms with Crippen LogP contribution in [-0.2, 0) is 4.74 Å². The lowest BCUT2D eigenvalue weighted by Crippen LogP contribution is -2.10. The molecule has 19 heavy (non-hydrogen) atoms. The topological polar surface area (TPSA) is 50.1 Å². The molecule has 0 unspecified atom stereocenters. The second-order valence-electron chi connectivity index (χ2n) is 3.21. The third kappa shape index (κ3) is 4.44. The molecule has 0 amide bonds. The van der Waals surface area contributed by atoms with E-state index in [4.69, 9.17) is 10.00 Å². The Labute approximate surface area is 119 Å². The highest BCUT2D eigenvalue weighted by Crippen LogP contribution is 2.41. The number of nitrogens with zero attached hydrogens (tertiary/aromatic N) is 1. The van der Waals surface area contributed by atoms with Crippen LogP contribution in [0.25, 0.3) is 0 Å². The molecule has 0 radical (unpaired) electrons. The molecule has 3 nitrogen and oxygen atoms in total. The van der Waals surface area contributed by atoms with Crippen LogP contribution in [0.1, 0.15) is 22.8 Å². The van der Waals surface area contributed by atoms with Crippen molar-refractivity contribution in [3.63, 3.8) is 0 Å². The van der Waals surface area contributed by atoms with Gasteiger partial charge in [0.15, 0.2) is 0 Å². The van der Waals surface area contributed by atoms with E-state index in [-0.39, 0.29) is 27.1 Å². The summed E-state index contributed by atoms with van der Waals surface area (Å²) in [5, 5.41) is 8.74. The molecule has 0 saturated carbocycles. The molecule has 0 saturated heterocycles. The Bertz CT molecular complexity index is 540. The maximum Gasteiger partial charge on any atom is 0.446 e. The van der Waals surface area contributed by atoms with Crippen molar-refractivity contribution in [2.75, 3.05) is 6.61 Å². The predicted octanol–water partition coefficient (Wildman–Crippen LogP) is 4.11. The molecule has 0 aromatic heterocycles. The maximum atomic E-state index is 12.5. The predicted molar refractivity (Wildman–Crippen MR) is 66.7 cm³/mol. The van der Waals surface area contributed by atoms with E-state index >= 15 is 0 Å². The second kappa shape index (κ2) is 6.30. The number of rotatable bonds is 3. The van der Waals surface area contributed by atoms with Crippen LogP contribution in [0, 0.1) is 11.3 Å². The average Bonchev–Trinajstić information content (AvgIpc) is 2.26. The van der Waals surface area contributed by atoms with Crippen LogP contribution >= 0.6 is 27.7 Å². The Morgan fingerprint density at radius 3 is 2.63 bits per heavy atom. The molecule has 0 aliphatic heterocycles. The van der Waals surface area contributed by atoms with Gasteiger partial charge in [-0.1, -0.05) is 0 Å². The number of ether oxygens (including phenoxy) is 1. The molecule has 102 valence electrons. The Balaban J connectivity index is 3.34. The molecule has 0 atom stereocenters. The lowest BCUT2D eigenvalue weighted by Gasteiger charge is -2.12. The van der Waals surface area contributed by atoms with Crippen molar-refractivity contribution in [2.24, 2.45) is 0 Å². The molecule has 8 heteroatoms. The van der Waals surface area contributed by atoms with Gasteiger partial charge in [-0.15, -0.1) is 0 Å². The number of benzene rings is 1. The summed E-state index contributed by atoms with van der Waals surface area (Å²) in [6, 6.07) is 4.01. The minimum Gasteiger partial charge on any atom is -0.462 e. The Hall–Kier alpha value is -1.20. The fourth-order valence-corrected chi connectivity index (χ4v) is 2.74. The van der Waals surface area contributed by atoms with Gasteiger partial charge in [0, 0.05) is 9.37 Å². The number of halogens is 4. The first kappa shape index (κ1) is 15.9. The number of thioether (sulfide) groups is 1. The number of carbonyl (C=O) groups excluding carboxylic acids is 1. The monoisotopic (exact) mass is 353 g/mol. The van der Waals surface area contributed by atoms with Crippen LogP contribution in [0.5, 0.6) is 0 Å². The molecule has 1 aromatic rings.